The molecule has 1 heterocycles. The predicted octanol–water partition coefficient (Wildman–Crippen LogP) is 2.10. The zero-order valence-electron chi connectivity index (χ0n) is 9.90. The lowest BCUT2D eigenvalue weighted by Gasteiger charge is -2.34. The summed E-state index contributed by atoms with van der Waals surface area (Å²) in [6.45, 7) is 7.61. The van der Waals surface area contributed by atoms with E-state index < -0.39 is 0 Å². The topological polar surface area (TPSA) is 38.7 Å². The summed E-state index contributed by atoms with van der Waals surface area (Å²) in [5.41, 5.74) is 0.123. The Morgan fingerprint density at radius 1 is 1.40 bits per heavy atom. The van der Waals surface area contributed by atoms with Gasteiger partial charge in [0.1, 0.15) is 0 Å². The number of rotatable bonds is 4. The molecular weight excluding hydrogens is 192 g/mol. The van der Waals surface area contributed by atoms with Gasteiger partial charge < -0.3 is 14.6 Å². The Balaban J connectivity index is 2.19. The molecule has 0 aromatic rings. The highest BCUT2D eigenvalue weighted by molar-refractivity contribution is 4.85. The SMILES string of the molecule is C/C=C\[C@H](O)CCC1OCC(C)(C)CO1. The van der Waals surface area contributed by atoms with Gasteiger partial charge in [-0.1, -0.05) is 26.0 Å². The zero-order chi connectivity index (χ0) is 11.3. The van der Waals surface area contributed by atoms with E-state index in [0.29, 0.717) is 6.42 Å². The van der Waals surface area contributed by atoms with Gasteiger partial charge in [-0.25, -0.2) is 0 Å². The molecule has 15 heavy (non-hydrogen) atoms. The van der Waals surface area contributed by atoms with Crippen LogP contribution in [0.1, 0.15) is 33.6 Å². The van der Waals surface area contributed by atoms with Gasteiger partial charge >= 0.3 is 0 Å². The first-order valence-corrected chi connectivity index (χ1v) is 5.57. The number of aliphatic hydroxyl groups excluding tert-OH is 1. The van der Waals surface area contributed by atoms with Crippen LogP contribution < -0.4 is 0 Å². The fraction of sp³-hybridized carbons (Fsp3) is 0.833. The van der Waals surface area contributed by atoms with Crippen LogP contribution in [0, 0.1) is 5.41 Å². The summed E-state index contributed by atoms with van der Waals surface area (Å²) in [6, 6.07) is 0. The molecule has 1 rings (SSSR count). The molecule has 0 aromatic carbocycles. The van der Waals surface area contributed by atoms with Crippen LogP contribution in [-0.4, -0.2) is 30.7 Å². The van der Waals surface area contributed by atoms with Gasteiger partial charge in [-0.15, -0.1) is 0 Å². The largest absolute Gasteiger partial charge is 0.389 e. The molecule has 0 aromatic heterocycles. The fourth-order valence-corrected chi connectivity index (χ4v) is 1.52. The molecule has 0 aliphatic carbocycles. The van der Waals surface area contributed by atoms with Crippen molar-refractivity contribution in [2.75, 3.05) is 13.2 Å². The summed E-state index contributed by atoms with van der Waals surface area (Å²) >= 11 is 0. The lowest BCUT2D eigenvalue weighted by atomic mass is 9.95. The number of ether oxygens (including phenoxy) is 2. The lowest BCUT2D eigenvalue weighted by Crippen LogP contribution is -2.37. The zero-order valence-corrected chi connectivity index (χ0v) is 9.90. The second-order valence-corrected chi connectivity index (χ2v) is 4.89. The first-order chi connectivity index (χ1) is 7.03. The van der Waals surface area contributed by atoms with Crippen molar-refractivity contribution in [2.45, 2.75) is 46.0 Å². The summed E-state index contributed by atoms with van der Waals surface area (Å²) in [5, 5.41) is 9.48. The van der Waals surface area contributed by atoms with Gasteiger partial charge in [0.05, 0.1) is 19.3 Å². The van der Waals surface area contributed by atoms with Gasteiger partial charge in [0.25, 0.3) is 0 Å². The van der Waals surface area contributed by atoms with E-state index in [2.05, 4.69) is 13.8 Å². The van der Waals surface area contributed by atoms with Gasteiger partial charge in [0.2, 0.25) is 0 Å². The van der Waals surface area contributed by atoms with E-state index in [0.717, 1.165) is 19.6 Å². The van der Waals surface area contributed by atoms with Gasteiger partial charge in [-0.2, -0.15) is 0 Å². The number of allylic oxidation sites excluding steroid dienone is 1. The highest BCUT2D eigenvalue weighted by atomic mass is 16.7. The third-order valence-electron chi connectivity index (χ3n) is 2.43. The third kappa shape index (κ3) is 4.78. The Hall–Kier alpha value is -0.380. The molecule has 0 unspecified atom stereocenters. The molecule has 1 atom stereocenters. The first kappa shape index (κ1) is 12.7. The highest BCUT2D eigenvalue weighted by Gasteiger charge is 2.28. The molecule has 88 valence electrons. The van der Waals surface area contributed by atoms with Crippen LogP contribution in [-0.2, 0) is 9.47 Å². The maximum atomic E-state index is 9.48. The highest BCUT2D eigenvalue weighted by Crippen LogP contribution is 2.24. The average molecular weight is 214 g/mol. The average Bonchev–Trinajstić information content (AvgIpc) is 2.17. The normalized spacial score (nSPS) is 24.5. The molecule has 0 saturated carbocycles. The minimum Gasteiger partial charge on any atom is -0.389 e. The Kier molecular flexibility index (Phi) is 4.77. The van der Waals surface area contributed by atoms with E-state index in [1.807, 2.05) is 13.0 Å². The molecule has 3 heteroatoms. The van der Waals surface area contributed by atoms with Crippen LogP contribution in [0.2, 0.25) is 0 Å². The summed E-state index contributed by atoms with van der Waals surface area (Å²) in [7, 11) is 0. The molecule has 0 amide bonds. The van der Waals surface area contributed by atoms with Crippen molar-refractivity contribution in [3.63, 3.8) is 0 Å². The van der Waals surface area contributed by atoms with Gasteiger partial charge in [-0.05, 0) is 13.3 Å². The van der Waals surface area contributed by atoms with Crippen LogP contribution in [0.5, 0.6) is 0 Å². The van der Waals surface area contributed by atoms with E-state index in [-0.39, 0.29) is 17.8 Å². The lowest BCUT2D eigenvalue weighted by molar-refractivity contribution is -0.225. The van der Waals surface area contributed by atoms with Crippen LogP contribution >= 0.6 is 0 Å². The molecule has 0 radical (unpaired) electrons. The van der Waals surface area contributed by atoms with Crippen LogP contribution in [0.4, 0.5) is 0 Å². The van der Waals surface area contributed by atoms with Crippen molar-refractivity contribution in [3.8, 4) is 0 Å². The predicted molar refractivity (Wildman–Crippen MR) is 59.5 cm³/mol. The standard InChI is InChI=1S/C12H22O3/c1-4-5-10(13)6-7-11-14-8-12(2,3)9-15-11/h4-5,10-11,13H,6-9H2,1-3H3/b5-4-/t10-/m0/s1. The van der Waals surface area contributed by atoms with Crippen molar-refractivity contribution in [1.82, 2.24) is 0 Å². The van der Waals surface area contributed by atoms with Crippen molar-refractivity contribution < 1.29 is 14.6 Å². The molecule has 0 bridgehead atoms. The minimum absolute atomic E-state index is 0.123. The van der Waals surface area contributed by atoms with Crippen LogP contribution in [0.15, 0.2) is 12.2 Å². The summed E-state index contributed by atoms with van der Waals surface area (Å²) in [5.74, 6) is 0. The first-order valence-electron chi connectivity index (χ1n) is 5.57. The van der Waals surface area contributed by atoms with E-state index in [1.54, 1.807) is 6.08 Å². The molecule has 1 aliphatic rings. The second-order valence-electron chi connectivity index (χ2n) is 4.89. The number of hydrogen-bond acceptors (Lipinski definition) is 3. The minimum atomic E-state index is -0.378. The quantitative estimate of drug-likeness (QED) is 0.728. The smallest absolute Gasteiger partial charge is 0.157 e. The maximum Gasteiger partial charge on any atom is 0.157 e. The summed E-state index contributed by atoms with van der Waals surface area (Å²) in [4.78, 5) is 0. The Morgan fingerprint density at radius 2 is 2.00 bits per heavy atom. The molecule has 1 aliphatic heterocycles. The van der Waals surface area contributed by atoms with E-state index in [4.69, 9.17) is 9.47 Å². The Morgan fingerprint density at radius 3 is 2.53 bits per heavy atom. The molecule has 0 spiro atoms. The maximum absolute atomic E-state index is 9.48. The third-order valence-corrected chi connectivity index (χ3v) is 2.43. The van der Waals surface area contributed by atoms with Gasteiger partial charge in [-0.3, -0.25) is 0 Å². The van der Waals surface area contributed by atoms with Crippen molar-refractivity contribution in [1.29, 1.82) is 0 Å². The fourth-order valence-electron chi connectivity index (χ4n) is 1.52. The summed E-state index contributed by atoms with van der Waals surface area (Å²) in [6.07, 6.45) is 4.57. The van der Waals surface area contributed by atoms with Gasteiger partial charge in [0.15, 0.2) is 6.29 Å². The Bertz CT molecular complexity index is 201. The van der Waals surface area contributed by atoms with Crippen molar-refractivity contribution in [3.05, 3.63) is 12.2 Å². The van der Waals surface area contributed by atoms with Gasteiger partial charge in [0, 0.05) is 11.8 Å². The molecule has 1 fully saturated rings. The van der Waals surface area contributed by atoms with Crippen molar-refractivity contribution in [2.24, 2.45) is 5.41 Å². The monoisotopic (exact) mass is 214 g/mol. The molecule has 3 nitrogen and oxygen atoms in total. The molecular formula is C12H22O3. The molecule has 1 saturated heterocycles. The number of aliphatic hydroxyl groups is 1. The summed E-state index contributed by atoms with van der Waals surface area (Å²) < 4.78 is 11.1. The second kappa shape index (κ2) is 5.64. The van der Waals surface area contributed by atoms with Crippen LogP contribution in [0.3, 0.4) is 0 Å². The Labute approximate surface area is 92.1 Å². The van der Waals surface area contributed by atoms with Crippen LogP contribution in [0.25, 0.3) is 0 Å². The van der Waals surface area contributed by atoms with E-state index in [9.17, 15) is 5.11 Å². The molecule has 1 N–H and O–H groups in total. The van der Waals surface area contributed by atoms with E-state index in [1.165, 1.54) is 0 Å². The number of hydrogen-bond donors (Lipinski definition) is 1. The van der Waals surface area contributed by atoms with E-state index >= 15 is 0 Å². The van der Waals surface area contributed by atoms with Crippen molar-refractivity contribution >= 4 is 0 Å².